The standard InChI is InChI=1S/C7H5ClO3/c8-7(10)11-6-3-1-5(9)2-4-6/h1-4,9H. The topological polar surface area (TPSA) is 46.5 Å². The van der Waals surface area contributed by atoms with Crippen LogP contribution in [-0.2, 0) is 0 Å². The quantitative estimate of drug-likeness (QED) is 0.660. The second-order valence-corrected chi connectivity index (χ2v) is 2.14. The number of carbonyl (C=O) groups excluding carboxylic acids is 1. The first-order valence-corrected chi connectivity index (χ1v) is 3.22. The average Bonchev–Trinajstić information content (AvgIpc) is 1.93. The molecule has 11 heavy (non-hydrogen) atoms. The lowest BCUT2D eigenvalue weighted by Gasteiger charge is -1.97. The van der Waals surface area contributed by atoms with Crippen LogP contribution in [0.15, 0.2) is 24.3 Å². The Hall–Kier alpha value is -1.22. The van der Waals surface area contributed by atoms with E-state index in [1.165, 1.54) is 24.3 Å². The van der Waals surface area contributed by atoms with E-state index in [1.807, 2.05) is 0 Å². The largest absolute Gasteiger partial charge is 0.508 e. The first-order chi connectivity index (χ1) is 5.18. The summed E-state index contributed by atoms with van der Waals surface area (Å²) in [6.45, 7) is 0. The molecule has 0 saturated heterocycles. The number of phenols is 1. The van der Waals surface area contributed by atoms with Crippen molar-refractivity contribution in [3.63, 3.8) is 0 Å². The molecule has 0 fully saturated rings. The maximum Gasteiger partial charge on any atom is 0.409 e. The second-order valence-electron chi connectivity index (χ2n) is 1.83. The zero-order valence-electron chi connectivity index (χ0n) is 5.45. The van der Waals surface area contributed by atoms with E-state index in [4.69, 9.17) is 16.7 Å². The summed E-state index contributed by atoms with van der Waals surface area (Å²) in [6.07, 6.45) is 0. The van der Waals surface area contributed by atoms with Gasteiger partial charge in [-0.25, -0.2) is 4.79 Å². The number of ether oxygens (including phenoxy) is 1. The molecular weight excluding hydrogens is 168 g/mol. The van der Waals surface area contributed by atoms with E-state index < -0.39 is 5.43 Å². The molecule has 0 bridgehead atoms. The highest BCUT2D eigenvalue weighted by molar-refractivity contribution is 6.61. The Kier molecular flexibility index (Phi) is 2.33. The van der Waals surface area contributed by atoms with Gasteiger partial charge in [-0.3, -0.25) is 0 Å². The fourth-order valence-electron chi connectivity index (χ4n) is 0.607. The van der Waals surface area contributed by atoms with Crippen LogP contribution in [0, 0.1) is 0 Å². The van der Waals surface area contributed by atoms with Gasteiger partial charge in [-0.2, -0.15) is 0 Å². The molecule has 58 valence electrons. The van der Waals surface area contributed by atoms with Crippen molar-refractivity contribution >= 4 is 17.0 Å². The minimum atomic E-state index is -0.893. The average molecular weight is 173 g/mol. The highest BCUT2D eigenvalue weighted by atomic mass is 35.5. The van der Waals surface area contributed by atoms with E-state index >= 15 is 0 Å². The first-order valence-electron chi connectivity index (χ1n) is 2.85. The van der Waals surface area contributed by atoms with Gasteiger partial charge in [0.15, 0.2) is 0 Å². The molecule has 0 saturated carbocycles. The number of rotatable bonds is 1. The summed E-state index contributed by atoms with van der Waals surface area (Å²) < 4.78 is 4.48. The number of hydrogen-bond donors (Lipinski definition) is 1. The SMILES string of the molecule is O=C(Cl)Oc1ccc(O)cc1. The van der Waals surface area contributed by atoms with Gasteiger partial charge < -0.3 is 9.84 Å². The fourth-order valence-corrected chi connectivity index (χ4v) is 0.696. The normalized spacial score (nSPS) is 9.18. The molecule has 0 atom stereocenters. The van der Waals surface area contributed by atoms with Crippen LogP contribution < -0.4 is 4.74 Å². The van der Waals surface area contributed by atoms with Crippen LogP contribution in [0.25, 0.3) is 0 Å². The smallest absolute Gasteiger partial charge is 0.409 e. The number of aromatic hydroxyl groups is 1. The third-order valence-corrected chi connectivity index (χ3v) is 1.11. The number of carbonyl (C=O) groups is 1. The molecule has 0 aliphatic carbocycles. The van der Waals surface area contributed by atoms with Crippen molar-refractivity contribution < 1.29 is 14.6 Å². The van der Waals surface area contributed by atoms with Crippen LogP contribution in [0.3, 0.4) is 0 Å². The minimum absolute atomic E-state index is 0.111. The van der Waals surface area contributed by atoms with Gasteiger partial charge in [0.2, 0.25) is 0 Å². The summed E-state index contributed by atoms with van der Waals surface area (Å²) in [5.41, 5.74) is -0.893. The molecule has 0 heterocycles. The van der Waals surface area contributed by atoms with Crippen molar-refractivity contribution in [2.45, 2.75) is 0 Å². The third kappa shape index (κ3) is 2.47. The van der Waals surface area contributed by atoms with Crippen molar-refractivity contribution in [3.8, 4) is 11.5 Å². The molecule has 0 spiro atoms. The van der Waals surface area contributed by atoms with Crippen molar-refractivity contribution in [3.05, 3.63) is 24.3 Å². The Morgan fingerprint density at radius 2 is 1.91 bits per heavy atom. The van der Waals surface area contributed by atoms with Crippen LogP contribution in [0.5, 0.6) is 11.5 Å². The Bertz CT molecular complexity index is 255. The Labute approximate surface area is 68.2 Å². The molecule has 1 rings (SSSR count). The highest BCUT2D eigenvalue weighted by Crippen LogP contribution is 2.16. The minimum Gasteiger partial charge on any atom is -0.508 e. The van der Waals surface area contributed by atoms with E-state index in [0.29, 0.717) is 5.75 Å². The molecule has 3 nitrogen and oxygen atoms in total. The molecule has 1 aromatic carbocycles. The van der Waals surface area contributed by atoms with Crippen molar-refractivity contribution in [1.29, 1.82) is 0 Å². The van der Waals surface area contributed by atoms with Crippen molar-refractivity contribution in [2.75, 3.05) is 0 Å². The fraction of sp³-hybridized carbons (Fsp3) is 0. The lowest BCUT2D eigenvalue weighted by Crippen LogP contribution is -1.94. The Morgan fingerprint density at radius 1 is 1.36 bits per heavy atom. The molecule has 0 radical (unpaired) electrons. The van der Waals surface area contributed by atoms with Crippen LogP contribution in [0.2, 0.25) is 0 Å². The monoisotopic (exact) mass is 172 g/mol. The number of phenolic OH excluding ortho intramolecular Hbond substituents is 1. The van der Waals surface area contributed by atoms with E-state index in [2.05, 4.69) is 4.74 Å². The number of hydrogen-bond acceptors (Lipinski definition) is 3. The second kappa shape index (κ2) is 3.25. The molecule has 0 aliphatic heterocycles. The van der Waals surface area contributed by atoms with Gasteiger partial charge in [0.1, 0.15) is 11.5 Å². The maximum atomic E-state index is 10.2. The zero-order chi connectivity index (χ0) is 8.27. The Balaban J connectivity index is 2.74. The van der Waals surface area contributed by atoms with Crippen LogP contribution in [0.1, 0.15) is 0 Å². The molecule has 0 aromatic heterocycles. The summed E-state index contributed by atoms with van der Waals surface area (Å²) in [5, 5.41) is 8.82. The van der Waals surface area contributed by atoms with Gasteiger partial charge >= 0.3 is 5.43 Å². The number of benzene rings is 1. The lowest BCUT2D eigenvalue weighted by molar-refractivity contribution is 0.225. The third-order valence-electron chi connectivity index (χ3n) is 1.03. The molecule has 1 N–H and O–H groups in total. The van der Waals surface area contributed by atoms with Crippen molar-refractivity contribution in [1.82, 2.24) is 0 Å². The highest BCUT2D eigenvalue weighted by Gasteiger charge is 1.97. The molecular formula is C7H5ClO3. The van der Waals surface area contributed by atoms with Crippen LogP contribution in [0.4, 0.5) is 4.79 Å². The molecule has 0 unspecified atom stereocenters. The van der Waals surface area contributed by atoms with E-state index in [1.54, 1.807) is 0 Å². The summed E-state index contributed by atoms with van der Waals surface area (Å²) in [5.74, 6) is 0.419. The predicted octanol–water partition coefficient (Wildman–Crippen LogP) is 2.13. The summed E-state index contributed by atoms with van der Waals surface area (Å²) in [7, 11) is 0. The van der Waals surface area contributed by atoms with Crippen molar-refractivity contribution in [2.24, 2.45) is 0 Å². The van der Waals surface area contributed by atoms with Gasteiger partial charge in [-0.05, 0) is 24.3 Å². The zero-order valence-corrected chi connectivity index (χ0v) is 6.21. The lowest BCUT2D eigenvalue weighted by atomic mass is 10.3. The molecule has 0 aliphatic rings. The molecule has 0 amide bonds. The summed E-state index contributed by atoms with van der Waals surface area (Å²) in [6, 6.07) is 5.68. The first kappa shape index (κ1) is 7.88. The predicted molar refractivity (Wildman–Crippen MR) is 40.0 cm³/mol. The van der Waals surface area contributed by atoms with Gasteiger partial charge in [-0.15, -0.1) is 0 Å². The van der Waals surface area contributed by atoms with Gasteiger partial charge in [0.25, 0.3) is 0 Å². The van der Waals surface area contributed by atoms with Gasteiger partial charge in [0, 0.05) is 11.6 Å². The Morgan fingerprint density at radius 3 is 2.36 bits per heavy atom. The van der Waals surface area contributed by atoms with Gasteiger partial charge in [0.05, 0.1) is 0 Å². The van der Waals surface area contributed by atoms with Crippen LogP contribution >= 0.6 is 11.6 Å². The molecule has 1 aromatic rings. The van der Waals surface area contributed by atoms with E-state index in [-0.39, 0.29) is 5.75 Å². The van der Waals surface area contributed by atoms with E-state index in [9.17, 15) is 4.79 Å². The summed E-state index contributed by atoms with van der Waals surface area (Å²) in [4.78, 5) is 10.2. The molecule has 4 heteroatoms. The van der Waals surface area contributed by atoms with Crippen LogP contribution in [-0.4, -0.2) is 10.5 Å². The van der Waals surface area contributed by atoms with Gasteiger partial charge in [-0.1, -0.05) is 0 Å². The van der Waals surface area contributed by atoms with E-state index in [0.717, 1.165) is 0 Å². The summed E-state index contributed by atoms with van der Waals surface area (Å²) >= 11 is 4.93. The maximum absolute atomic E-state index is 10.2. The number of halogens is 1.